The average molecular weight is 491 g/mol. The molecule has 1 heterocycles. The van der Waals surface area contributed by atoms with Gasteiger partial charge in [0.1, 0.15) is 0 Å². The van der Waals surface area contributed by atoms with E-state index in [0.717, 1.165) is 5.56 Å². The van der Waals surface area contributed by atoms with Gasteiger partial charge in [-0.25, -0.2) is 0 Å². The van der Waals surface area contributed by atoms with Crippen LogP contribution in [0.2, 0.25) is 5.02 Å². The summed E-state index contributed by atoms with van der Waals surface area (Å²) in [7, 11) is 1.39. The van der Waals surface area contributed by atoms with Gasteiger partial charge in [0.15, 0.2) is 5.75 Å². The number of nitro groups is 1. The number of nitrogens with zero attached hydrogens (tertiary/aromatic N) is 4. The van der Waals surface area contributed by atoms with E-state index in [4.69, 9.17) is 20.8 Å². The molecule has 1 amide bonds. The molecule has 0 bridgehead atoms. The Morgan fingerprint density at radius 3 is 2.70 bits per heavy atom. The predicted molar refractivity (Wildman–Crippen MR) is 126 cm³/mol. The Morgan fingerprint density at radius 1 is 1.27 bits per heavy atom. The third-order valence-corrected chi connectivity index (χ3v) is 6.07. The monoisotopic (exact) mass is 490 g/mol. The summed E-state index contributed by atoms with van der Waals surface area (Å²) in [6, 6.07) is 11.8. The number of methoxy groups -OCH3 is 1. The highest BCUT2D eigenvalue weighted by atomic mass is 35.5. The number of ether oxygens (including phenoxy) is 1. The van der Waals surface area contributed by atoms with E-state index in [1.54, 1.807) is 29.2 Å². The number of nitro benzene ring substituents is 1. The van der Waals surface area contributed by atoms with Crippen molar-refractivity contribution in [3.63, 3.8) is 0 Å². The highest BCUT2D eigenvalue weighted by Crippen LogP contribution is 2.29. The molecule has 3 aromatic rings. The molecule has 33 heavy (non-hydrogen) atoms. The first kappa shape index (κ1) is 24.5. The number of thioether (sulfide) groups is 1. The Hall–Kier alpha value is -3.11. The average Bonchev–Trinajstić information content (AvgIpc) is 3.25. The second kappa shape index (κ2) is 11.2. The smallest absolute Gasteiger partial charge is 0.311 e. The number of carbonyl (C=O) groups excluding carboxylic acids is 1. The lowest BCUT2D eigenvalue weighted by atomic mass is 10.2. The first-order valence-electron chi connectivity index (χ1n) is 10.1. The number of carbonyl (C=O) groups is 1. The van der Waals surface area contributed by atoms with Gasteiger partial charge in [0.2, 0.25) is 17.7 Å². The molecule has 0 saturated heterocycles. The Balaban J connectivity index is 1.62. The van der Waals surface area contributed by atoms with Crippen LogP contribution in [-0.4, -0.2) is 44.8 Å². The van der Waals surface area contributed by atoms with E-state index in [2.05, 4.69) is 10.2 Å². The molecule has 0 radical (unpaired) electrons. The van der Waals surface area contributed by atoms with E-state index >= 15 is 0 Å². The molecule has 0 aliphatic rings. The summed E-state index contributed by atoms with van der Waals surface area (Å²) in [4.78, 5) is 25.2. The Kier molecular flexibility index (Phi) is 8.29. The molecule has 174 valence electrons. The van der Waals surface area contributed by atoms with E-state index in [-0.39, 0.29) is 35.7 Å². The van der Waals surface area contributed by atoms with Gasteiger partial charge >= 0.3 is 5.69 Å². The van der Waals surface area contributed by atoms with Crippen molar-refractivity contribution >= 4 is 35.0 Å². The van der Waals surface area contributed by atoms with Gasteiger partial charge in [-0.3, -0.25) is 14.9 Å². The highest BCUT2D eigenvalue weighted by molar-refractivity contribution is 7.99. The normalized spacial score (nSPS) is 10.9. The molecular weight excluding hydrogens is 468 g/mol. The molecule has 0 N–H and O–H groups in total. The first-order chi connectivity index (χ1) is 15.8. The number of hydrogen-bond acceptors (Lipinski definition) is 8. The van der Waals surface area contributed by atoms with Crippen LogP contribution < -0.4 is 4.74 Å². The van der Waals surface area contributed by atoms with Crippen molar-refractivity contribution in [2.75, 3.05) is 12.9 Å². The van der Waals surface area contributed by atoms with Crippen LogP contribution in [0.15, 0.2) is 46.9 Å². The van der Waals surface area contributed by atoms with E-state index in [9.17, 15) is 14.9 Å². The predicted octanol–water partition coefficient (Wildman–Crippen LogP) is 4.98. The molecule has 3 rings (SSSR count). The maximum Gasteiger partial charge on any atom is 0.311 e. The van der Waals surface area contributed by atoms with Crippen LogP contribution in [0.1, 0.15) is 25.3 Å². The molecule has 0 saturated carbocycles. The van der Waals surface area contributed by atoms with E-state index in [1.165, 1.54) is 24.9 Å². The number of aromatic nitrogens is 2. The van der Waals surface area contributed by atoms with Crippen molar-refractivity contribution in [1.82, 2.24) is 15.1 Å². The van der Waals surface area contributed by atoms with Crippen LogP contribution in [0.25, 0.3) is 11.5 Å². The zero-order valence-corrected chi connectivity index (χ0v) is 19.9. The molecule has 0 unspecified atom stereocenters. The minimum absolute atomic E-state index is 0.0872. The molecule has 9 nitrogen and oxygen atoms in total. The molecule has 0 atom stereocenters. The topological polar surface area (TPSA) is 112 Å². The lowest BCUT2D eigenvalue weighted by molar-refractivity contribution is -0.385. The van der Waals surface area contributed by atoms with Gasteiger partial charge in [0, 0.05) is 17.9 Å². The van der Waals surface area contributed by atoms with Gasteiger partial charge in [-0.1, -0.05) is 29.8 Å². The van der Waals surface area contributed by atoms with E-state index < -0.39 is 4.92 Å². The number of hydrogen-bond donors (Lipinski definition) is 0. The lowest BCUT2D eigenvalue weighted by Crippen LogP contribution is -2.37. The number of amides is 1. The van der Waals surface area contributed by atoms with Crippen molar-refractivity contribution in [3.05, 3.63) is 69.1 Å². The lowest BCUT2D eigenvalue weighted by Gasteiger charge is -2.25. The van der Waals surface area contributed by atoms with E-state index in [1.807, 2.05) is 26.0 Å². The molecule has 0 fully saturated rings. The minimum atomic E-state index is -0.486. The second-order valence-electron chi connectivity index (χ2n) is 7.35. The van der Waals surface area contributed by atoms with Crippen molar-refractivity contribution < 1.29 is 18.9 Å². The zero-order chi connectivity index (χ0) is 24.0. The van der Waals surface area contributed by atoms with Crippen molar-refractivity contribution in [2.45, 2.75) is 32.2 Å². The maximum absolute atomic E-state index is 12.9. The molecule has 2 aromatic carbocycles. The number of rotatable bonds is 10. The van der Waals surface area contributed by atoms with Crippen LogP contribution in [0.4, 0.5) is 5.69 Å². The summed E-state index contributed by atoms with van der Waals surface area (Å²) in [5.74, 6) is 1.34. The summed E-state index contributed by atoms with van der Waals surface area (Å²) in [5.41, 5.74) is 1.26. The van der Waals surface area contributed by atoms with Crippen LogP contribution in [0.5, 0.6) is 5.75 Å². The van der Waals surface area contributed by atoms with Crippen LogP contribution in [0.3, 0.4) is 0 Å². The molecule has 0 aliphatic heterocycles. The van der Waals surface area contributed by atoms with Crippen molar-refractivity contribution in [1.29, 1.82) is 0 Å². The number of benzene rings is 2. The summed E-state index contributed by atoms with van der Waals surface area (Å²) >= 11 is 7.56. The molecule has 0 spiro atoms. The Labute approximate surface area is 200 Å². The SMILES string of the molecule is COc1ccc(CSCC(=O)N(Cc2nnc(-c3ccccc3Cl)o2)C(C)C)cc1[N+](=O)[O-]. The second-order valence-corrected chi connectivity index (χ2v) is 8.75. The quantitative estimate of drug-likeness (QED) is 0.289. The fourth-order valence-electron chi connectivity index (χ4n) is 3.07. The summed E-state index contributed by atoms with van der Waals surface area (Å²) < 4.78 is 10.7. The van der Waals surface area contributed by atoms with Gasteiger partial charge in [-0.15, -0.1) is 22.0 Å². The van der Waals surface area contributed by atoms with Gasteiger partial charge in [-0.2, -0.15) is 0 Å². The van der Waals surface area contributed by atoms with Gasteiger partial charge < -0.3 is 14.1 Å². The largest absolute Gasteiger partial charge is 0.490 e. The fourth-order valence-corrected chi connectivity index (χ4v) is 4.15. The van der Waals surface area contributed by atoms with Crippen LogP contribution in [-0.2, 0) is 17.1 Å². The standard InChI is InChI=1S/C22H23ClN4O5S/c1-14(2)26(11-20-24-25-22(32-20)16-6-4-5-7-17(16)23)21(28)13-33-12-15-8-9-19(31-3)18(10-15)27(29)30/h4-10,14H,11-13H2,1-3H3. The maximum atomic E-state index is 12.9. The summed E-state index contributed by atoms with van der Waals surface area (Å²) in [6.07, 6.45) is 0. The Bertz CT molecular complexity index is 1140. The summed E-state index contributed by atoms with van der Waals surface area (Å²) in [6.45, 7) is 3.98. The zero-order valence-electron chi connectivity index (χ0n) is 18.4. The fraction of sp³-hybridized carbons (Fsp3) is 0.318. The van der Waals surface area contributed by atoms with Crippen LogP contribution in [0, 0.1) is 10.1 Å². The molecule has 0 aliphatic carbocycles. The third-order valence-electron chi connectivity index (χ3n) is 4.75. The third kappa shape index (κ3) is 6.23. The molecule has 1 aromatic heterocycles. The van der Waals surface area contributed by atoms with Crippen molar-refractivity contribution in [2.24, 2.45) is 0 Å². The Morgan fingerprint density at radius 2 is 2.03 bits per heavy atom. The molecule has 11 heteroatoms. The van der Waals surface area contributed by atoms with Gasteiger partial charge in [-0.05, 0) is 37.6 Å². The number of halogens is 1. The van der Waals surface area contributed by atoms with Gasteiger partial charge in [0.25, 0.3) is 0 Å². The van der Waals surface area contributed by atoms with Crippen molar-refractivity contribution in [3.8, 4) is 17.2 Å². The summed E-state index contributed by atoms with van der Waals surface area (Å²) in [5, 5.41) is 19.8. The van der Waals surface area contributed by atoms with E-state index in [0.29, 0.717) is 28.1 Å². The molecular formula is C22H23ClN4O5S. The van der Waals surface area contributed by atoms with Gasteiger partial charge in [0.05, 0.1) is 34.9 Å². The minimum Gasteiger partial charge on any atom is -0.490 e. The highest BCUT2D eigenvalue weighted by Gasteiger charge is 2.21. The van der Waals surface area contributed by atoms with Crippen LogP contribution >= 0.6 is 23.4 Å². The first-order valence-corrected chi connectivity index (χ1v) is 11.6.